The van der Waals surface area contributed by atoms with Crippen LogP contribution in [0.25, 0.3) is 0 Å². The summed E-state index contributed by atoms with van der Waals surface area (Å²) in [5, 5.41) is 12.6. The fraction of sp³-hybridized carbons (Fsp3) is 0.933. The van der Waals surface area contributed by atoms with E-state index in [0.29, 0.717) is 24.4 Å². The molecular weight excluding hydrogens is 226 g/mol. The van der Waals surface area contributed by atoms with Gasteiger partial charge in [-0.15, -0.1) is 0 Å². The van der Waals surface area contributed by atoms with Crippen LogP contribution < -0.4 is 5.32 Å². The normalized spacial score (nSPS) is 16.6. The van der Waals surface area contributed by atoms with Gasteiger partial charge in [-0.05, 0) is 31.1 Å². The highest BCUT2D eigenvalue weighted by atomic mass is 16.4. The van der Waals surface area contributed by atoms with Crippen molar-refractivity contribution in [2.45, 2.75) is 66.3 Å². The van der Waals surface area contributed by atoms with E-state index >= 15 is 0 Å². The van der Waals surface area contributed by atoms with E-state index in [2.05, 4.69) is 39.9 Å². The lowest BCUT2D eigenvalue weighted by atomic mass is 9.94. The molecule has 0 bridgehead atoms. The fourth-order valence-electron chi connectivity index (χ4n) is 2.20. The average Bonchev–Trinajstić information content (AvgIpc) is 2.31. The summed E-state index contributed by atoms with van der Waals surface area (Å²) >= 11 is 0. The van der Waals surface area contributed by atoms with Crippen molar-refractivity contribution >= 4 is 5.97 Å². The molecule has 108 valence electrons. The number of rotatable bonds is 10. The average molecular weight is 257 g/mol. The highest BCUT2D eigenvalue weighted by molar-refractivity contribution is 5.70. The third kappa shape index (κ3) is 7.70. The van der Waals surface area contributed by atoms with Crippen LogP contribution in [0.1, 0.15) is 60.3 Å². The van der Waals surface area contributed by atoms with Crippen molar-refractivity contribution in [3.8, 4) is 0 Å². The fourth-order valence-corrected chi connectivity index (χ4v) is 2.20. The Balaban J connectivity index is 4.17. The van der Waals surface area contributed by atoms with Crippen LogP contribution in [0.4, 0.5) is 0 Å². The van der Waals surface area contributed by atoms with Crippen LogP contribution in [0, 0.1) is 17.8 Å². The van der Waals surface area contributed by atoms with Gasteiger partial charge in [-0.2, -0.15) is 0 Å². The predicted octanol–water partition coefficient (Wildman–Crippen LogP) is 3.54. The van der Waals surface area contributed by atoms with Crippen LogP contribution in [0.3, 0.4) is 0 Å². The minimum atomic E-state index is -0.672. The number of carboxylic acid groups (broad SMARTS) is 1. The SMILES string of the molecule is CCC(C)CC(CC)NCC(CC(C)C)C(=O)O. The van der Waals surface area contributed by atoms with Gasteiger partial charge < -0.3 is 10.4 Å². The molecule has 2 N–H and O–H groups in total. The molecule has 0 aromatic rings. The van der Waals surface area contributed by atoms with Crippen LogP contribution >= 0.6 is 0 Å². The van der Waals surface area contributed by atoms with Gasteiger partial charge >= 0.3 is 5.97 Å². The van der Waals surface area contributed by atoms with Crippen molar-refractivity contribution in [2.24, 2.45) is 17.8 Å². The first-order valence-electron chi connectivity index (χ1n) is 7.36. The number of carboxylic acids is 1. The van der Waals surface area contributed by atoms with E-state index in [4.69, 9.17) is 0 Å². The second kappa shape index (κ2) is 9.37. The van der Waals surface area contributed by atoms with Gasteiger partial charge in [0.1, 0.15) is 0 Å². The van der Waals surface area contributed by atoms with Crippen LogP contribution in [-0.2, 0) is 4.79 Å². The molecule has 3 unspecified atom stereocenters. The Morgan fingerprint density at radius 1 is 1.11 bits per heavy atom. The number of hydrogen-bond donors (Lipinski definition) is 2. The third-order valence-corrected chi connectivity index (χ3v) is 3.63. The maximum absolute atomic E-state index is 11.2. The van der Waals surface area contributed by atoms with Crippen molar-refractivity contribution in [1.82, 2.24) is 5.32 Å². The number of aliphatic carboxylic acids is 1. The topological polar surface area (TPSA) is 49.3 Å². The largest absolute Gasteiger partial charge is 0.481 e. The summed E-state index contributed by atoms with van der Waals surface area (Å²) in [6.07, 6.45) is 4.15. The second-order valence-electron chi connectivity index (χ2n) is 5.93. The summed E-state index contributed by atoms with van der Waals surface area (Å²) in [5.74, 6) is 0.212. The maximum atomic E-state index is 11.2. The quantitative estimate of drug-likeness (QED) is 0.629. The van der Waals surface area contributed by atoms with Crippen LogP contribution in [0.15, 0.2) is 0 Å². The number of nitrogens with one attached hydrogen (secondary N) is 1. The Bertz CT molecular complexity index is 229. The molecule has 0 aliphatic heterocycles. The molecule has 18 heavy (non-hydrogen) atoms. The van der Waals surface area contributed by atoms with Crippen LogP contribution in [0.5, 0.6) is 0 Å². The van der Waals surface area contributed by atoms with Gasteiger partial charge in [0, 0.05) is 12.6 Å². The minimum absolute atomic E-state index is 0.254. The van der Waals surface area contributed by atoms with Gasteiger partial charge in [0.05, 0.1) is 5.92 Å². The molecule has 0 heterocycles. The summed E-state index contributed by atoms with van der Waals surface area (Å²) in [7, 11) is 0. The molecule has 0 aromatic carbocycles. The molecule has 0 fully saturated rings. The van der Waals surface area contributed by atoms with Gasteiger partial charge in [0.25, 0.3) is 0 Å². The van der Waals surface area contributed by atoms with Gasteiger partial charge in [-0.1, -0.05) is 41.0 Å². The third-order valence-electron chi connectivity index (χ3n) is 3.63. The van der Waals surface area contributed by atoms with E-state index < -0.39 is 5.97 Å². The molecule has 0 radical (unpaired) electrons. The molecular formula is C15H31NO2. The van der Waals surface area contributed by atoms with Crippen molar-refractivity contribution in [2.75, 3.05) is 6.54 Å². The summed E-state index contributed by atoms with van der Waals surface area (Å²) in [5.41, 5.74) is 0. The van der Waals surface area contributed by atoms with E-state index in [1.807, 2.05) is 0 Å². The molecule has 3 nitrogen and oxygen atoms in total. The Kier molecular flexibility index (Phi) is 9.08. The summed E-state index contributed by atoms with van der Waals surface area (Å²) in [4.78, 5) is 11.2. The number of carbonyl (C=O) groups is 1. The summed E-state index contributed by atoms with van der Waals surface area (Å²) in [6.45, 7) is 11.4. The molecule has 0 rings (SSSR count). The highest BCUT2D eigenvalue weighted by Crippen LogP contribution is 2.15. The lowest BCUT2D eigenvalue weighted by Crippen LogP contribution is -2.37. The Hall–Kier alpha value is -0.570. The van der Waals surface area contributed by atoms with Crippen molar-refractivity contribution < 1.29 is 9.90 Å². The first kappa shape index (κ1) is 17.4. The van der Waals surface area contributed by atoms with E-state index in [1.165, 1.54) is 6.42 Å². The lowest BCUT2D eigenvalue weighted by Gasteiger charge is -2.23. The molecule has 0 spiro atoms. The smallest absolute Gasteiger partial charge is 0.307 e. The molecule has 0 aliphatic rings. The molecule has 0 aliphatic carbocycles. The van der Waals surface area contributed by atoms with E-state index in [0.717, 1.165) is 19.3 Å². The summed E-state index contributed by atoms with van der Waals surface area (Å²) in [6, 6.07) is 0.453. The first-order chi connectivity index (χ1) is 8.40. The van der Waals surface area contributed by atoms with Crippen LogP contribution in [-0.4, -0.2) is 23.7 Å². The maximum Gasteiger partial charge on any atom is 0.307 e. The van der Waals surface area contributed by atoms with E-state index in [-0.39, 0.29) is 5.92 Å². The zero-order chi connectivity index (χ0) is 14.1. The van der Waals surface area contributed by atoms with Crippen molar-refractivity contribution in [3.05, 3.63) is 0 Å². The van der Waals surface area contributed by atoms with Crippen molar-refractivity contribution in [1.29, 1.82) is 0 Å². The Morgan fingerprint density at radius 3 is 2.11 bits per heavy atom. The molecule has 0 saturated carbocycles. The van der Waals surface area contributed by atoms with Gasteiger partial charge in [-0.3, -0.25) is 4.79 Å². The zero-order valence-corrected chi connectivity index (χ0v) is 12.7. The Morgan fingerprint density at radius 2 is 1.72 bits per heavy atom. The highest BCUT2D eigenvalue weighted by Gasteiger charge is 2.20. The first-order valence-corrected chi connectivity index (χ1v) is 7.36. The molecule has 0 aromatic heterocycles. The zero-order valence-electron chi connectivity index (χ0n) is 12.7. The molecule has 0 saturated heterocycles. The minimum Gasteiger partial charge on any atom is -0.481 e. The molecule has 3 heteroatoms. The van der Waals surface area contributed by atoms with E-state index in [1.54, 1.807) is 0 Å². The lowest BCUT2D eigenvalue weighted by molar-refractivity contribution is -0.142. The second-order valence-corrected chi connectivity index (χ2v) is 5.93. The van der Waals surface area contributed by atoms with Gasteiger partial charge in [0.2, 0.25) is 0 Å². The standard InChI is InChI=1S/C15H31NO2/c1-6-12(5)9-14(7-2)16-10-13(15(17)18)8-11(3)4/h11-14,16H,6-10H2,1-5H3,(H,17,18). The Labute approximate surface area is 112 Å². The summed E-state index contributed by atoms with van der Waals surface area (Å²) < 4.78 is 0. The van der Waals surface area contributed by atoms with Gasteiger partial charge in [-0.25, -0.2) is 0 Å². The van der Waals surface area contributed by atoms with Gasteiger partial charge in [0.15, 0.2) is 0 Å². The van der Waals surface area contributed by atoms with Crippen LogP contribution in [0.2, 0.25) is 0 Å². The molecule has 3 atom stereocenters. The monoisotopic (exact) mass is 257 g/mol. The molecule has 0 amide bonds. The predicted molar refractivity (Wildman–Crippen MR) is 76.7 cm³/mol. The van der Waals surface area contributed by atoms with Crippen molar-refractivity contribution in [3.63, 3.8) is 0 Å². The van der Waals surface area contributed by atoms with E-state index in [9.17, 15) is 9.90 Å². The number of hydrogen-bond acceptors (Lipinski definition) is 2.